The molecule has 0 aliphatic heterocycles. The molecule has 0 bridgehead atoms. The predicted molar refractivity (Wildman–Crippen MR) is 72.1 cm³/mol. The van der Waals surface area contributed by atoms with Crippen molar-refractivity contribution in [3.63, 3.8) is 0 Å². The lowest BCUT2D eigenvalue weighted by molar-refractivity contribution is 0.162. The molecular weight excluding hydrogens is 220 g/mol. The Bertz CT molecular complexity index is 323. The molecule has 0 aliphatic carbocycles. The van der Waals surface area contributed by atoms with E-state index in [0.717, 1.165) is 11.3 Å². The quantitative estimate of drug-likeness (QED) is 0.851. The van der Waals surface area contributed by atoms with Crippen LogP contribution in [0, 0.1) is 6.92 Å². The monoisotopic (exact) mass is 242 g/mol. The second kappa shape index (κ2) is 6.23. The van der Waals surface area contributed by atoms with Gasteiger partial charge in [0.1, 0.15) is 0 Å². The zero-order valence-electron chi connectivity index (χ0n) is 10.4. The minimum absolute atomic E-state index is 0. The van der Waals surface area contributed by atoms with Crippen molar-refractivity contribution in [2.45, 2.75) is 39.3 Å². The molecule has 1 atom stereocenters. The molecule has 0 spiro atoms. The highest BCUT2D eigenvalue weighted by molar-refractivity contribution is 7.59. The van der Waals surface area contributed by atoms with Crippen molar-refractivity contribution in [2.24, 2.45) is 0 Å². The molecule has 0 saturated heterocycles. The minimum atomic E-state index is -0.488. The van der Waals surface area contributed by atoms with Crippen molar-refractivity contribution < 1.29 is 5.11 Å². The van der Waals surface area contributed by atoms with Gasteiger partial charge in [-0.25, -0.2) is 0 Å². The third-order valence-electron chi connectivity index (χ3n) is 2.23. The molecule has 4 heteroatoms. The summed E-state index contributed by atoms with van der Waals surface area (Å²) in [4.78, 5) is 4.16. The molecule has 0 unspecified atom stereocenters. The summed E-state index contributed by atoms with van der Waals surface area (Å²) in [6.07, 6.45) is 1.25. The summed E-state index contributed by atoms with van der Waals surface area (Å²) < 4.78 is 0. The fourth-order valence-corrected chi connectivity index (χ4v) is 1.36. The fourth-order valence-electron chi connectivity index (χ4n) is 1.36. The smallest absolute Gasteiger partial charge is 0.0932 e. The Morgan fingerprint density at radius 3 is 2.56 bits per heavy atom. The van der Waals surface area contributed by atoms with Crippen LogP contribution in [-0.4, -0.2) is 22.2 Å². The first-order valence-electron chi connectivity index (χ1n) is 5.25. The number of rotatable bonds is 3. The maximum absolute atomic E-state index is 9.96. The lowest BCUT2D eigenvalue weighted by Crippen LogP contribution is -2.38. The summed E-state index contributed by atoms with van der Waals surface area (Å²) in [7, 11) is 0. The Morgan fingerprint density at radius 1 is 1.44 bits per heavy atom. The second-order valence-corrected chi connectivity index (χ2v) is 4.82. The van der Waals surface area contributed by atoms with Crippen LogP contribution in [-0.2, 0) is 0 Å². The van der Waals surface area contributed by atoms with Gasteiger partial charge in [0.05, 0.1) is 6.10 Å². The molecule has 0 fully saturated rings. The second-order valence-electron chi connectivity index (χ2n) is 4.82. The van der Waals surface area contributed by atoms with Crippen LogP contribution in [0.5, 0.6) is 0 Å². The van der Waals surface area contributed by atoms with Crippen LogP contribution in [0.2, 0.25) is 0 Å². The van der Waals surface area contributed by atoms with E-state index in [9.17, 15) is 5.11 Å². The van der Waals surface area contributed by atoms with Crippen molar-refractivity contribution in [1.29, 1.82) is 0 Å². The van der Waals surface area contributed by atoms with Crippen LogP contribution in [0.4, 0.5) is 0 Å². The van der Waals surface area contributed by atoms with E-state index in [2.05, 4.69) is 31.1 Å². The van der Waals surface area contributed by atoms with Gasteiger partial charge in [0, 0.05) is 29.5 Å². The van der Waals surface area contributed by atoms with Gasteiger partial charge in [0.2, 0.25) is 0 Å². The van der Waals surface area contributed by atoms with Crippen LogP contribution in [0.15, 0.2) is 18.3 Å². The lowest BCUT2D eigenvalue weighted by atomic mass is 10.1. The topological polar surface area (TPSA) is 45.2 Å². The van der Waals surface area contributed by atoms with Crippen molar-refractivity contribution in [1.82, 2.24) is 10.3 Å². The molecule has 16 heavy (non-hydrogen) atoms. The Morgan fingerprint density at radius 2 is 2.06 bits per heavy atom. The highest BCUT2D eigenvalue weighted by Gasteiger charge is 2.14. The first-order valence-corrected chi connectivity index (χ1v) is 5.25. The number of pyridine rings is 1. The summed E-state index contributed by atoms with van der Waals surface area (Å²) in [5.41, 5.74) is 1.81. The zero-order valence-corrected chi connectivity index (χ0v) is 11.4. The van der Waals surface area contributed by atoms with Crippen molar-refractivity contribution in [3.8, 4) is 0 Å². The molecule has 1 heterocycles. The number of aliphatic hydroxyl groups excluding tert-OH is 1. The number of aliphatic hydroxyl groups is 1. The summed E-state index contributed by atoms with van der Waals surface area (Å²) in [6.45, 7) is 8.70. The van der Waals surface area contributed by atoms with E-state index in [1.165, 1.54) is 0 Å². The van der Waals surface area contributed by atoms with Crippen molar-refractivity contribution >= 4 is 13.5 Å². The first-order chi connectivity index (χ1) is 6.90. The average Bonchev–Trinajstić information content (AvgIpc) is 2.14. The molecule has 0 aliphatic rings. The molecular formula is C12H22N2OS. The maximum atomic E-state index is 9.96. The summed E-state index contributed by atoms with van der Waals surface area (Å²) in [6, 6.07) is 3.76. The van der Waals surface area contributed by atoms with E-state index in [1.54, 1.807) is 6.20 Å². The SMILES string of the molecule is Cc1ncccc1[C@H](O)CNC(C)(C)C.S. The Labute approximate surface area is 105 Å². The molecule has 0 amide bonds. The van der Waals surface area contributed by atoms with E-state index < -0.39 is 6.10 Å². The molecule has 92 valence electrons. The number of β-amino-alcohol motifs (C(OH)–C–C–N with tert-alkyl or cyclic N) is 1. The summed E-state index contributed by atoms with van der Waals surface area (Å²) >= 11 is 0. The lowest BCUT2D eigenvalue weighted by Gasteiger charge is -2.23. The van der Waals surface area contributed by atoms with Gasteiger partial charge < -0.3 is 10.4 Å². The predicted octanol–water partition coefficient (Wildman–Crippen LogP) is 1.92. The van der Waals surface area contributed by atoms with Crippen LogP contribution in [0.1, 0.15) is 38.1 Å². The molecule has 1 rings (SSSR count). The molecule has 3 nitrogen and oxygen atoms in total. The molecule has 0 saturated carbocycles. The molecule has 0 radical (unpaired) electrons. The van der Waals surface area contributed by atoms with Crippen molar-refractivity contribution in [3.05, 3.63) is 29.6 Å². The molecule has 0 aromatic carbocycles. The van der Waals surface area contributed by atoms with Crippen LogP contribution in [0.3, 0.4) is 0 Å². The van der Waals surface area contributed by atoms with Crippen LogP contribution in [0.25, 0.3) is 0 Å². The standard InChI is InChI=1S/C12H20N2O.H2S/c1-9-10(6-5-7-13-9)11(15)8-14-12(2,3)4;/h5-7,11,14-15H,8H2,1-4H3;1H2/t11-;/m1./s1. The fraction of sp³-hybridized carbons (Fsp3) is 0.583. The van der Waals surface area contributed by atoms with Gasteiger partial charge in [0.15, 0.2) is 0 Å². The van der Waals surface area contributed by atoms with E-state index >= 15 is 0 Å². The van der Waals surface area contributed by atoms with E-state index in [4.69, 9.17) is 0 Å². The number of nitrogens with one attached hydrogen (secondary N) is 1. The van der Waals surface area contributed by atoms with Crippen molar-refractivity contribution in [2.75, 3.05) is 6.54 Å². The third-order valence-corrected chi connectivity index (χ3v) is 2.23. The normalized spacial score (nSPS) is 13.1. The highest BCUT2D eigenvalue weighted by atomic mass is 32.1. The van der Waals surface area contributed by atoms with E-state index in [-0.39, 0.29) is 19.0 Å². The van der Waals surface area contributed by atoms with Gasteiger partial charge >= 0.3 is 0 Å². The number of hydrogen-bond acceptors (Lipinski definition) is 3. The number of aromatic nitrogens is 1. The van der Waals surface area contributed by atoms with Gasteiger partial charge in [-0.1, -0.05) is 6.07 Å². The Kier molecular flexibility index (Phi) is 6.00. The van der Waals surface area contributed by atoms with Crippen LogP contribution >= 0.6 is 13.5 Å². The number of aryl methyl sites for hydroxylation is 1. The Balaban J connectivity index is 0.00000225. The van der Waals surface area contributed by atoms with E-state index in [1.807, 2.05) is 19.1 Å². The number of hydrogen-bond donors (Lipinski definition) is 2. The minimum Gasteiger partial charge on any atom is -0.387 e. The van der Waals surface area contributed by atoms with Gasteiger partial charge in [-0.3, -0.25) is 4.98 Å². The van der Waals surface area contributed by atoms with Gasteiger partial charge in [0.25, 0.3) is 0 Å². The average molecular weight is 242 g/mol. The van der Waals surface area contributed by atoms with Gasteiger partial charge in [-0.2, -0.15) is 13.5 Å². The molecule has 1 aromatic heterocycles. The van der Waals surface area contributed by atoms with Gasteiger partial charge in [-0.15, -0.1) is 0 Å². The largest absolute Gasteiger partial charge is 0.387 e. The summed E-state index contributed by atoms with van der Waals surface area (Å²) in [5.74, 6) is 0. The zero-order chi connectivity index (χ0) is 11.5. The maximum Gasteiger partial charge on any atom is 0.0932 e. The third kappa shape index (κ3) is 4.96. The first kappa shape index (κ1) is 15.4. The Hall–Kier alpha value is -0.580. The number of nitrogens with zero attached hydrogens (tertiary/aromatic N) is 1. The van der Waals surface area contributed by atoms with Crippen LogP contribution < -0.4 is 5.32 Å². The van der Waals surface area contributed by atoms with E-state index in [0.29, 0.717) is 6.54 Å². The summed E-state index contributed by atoms with van der Waals surface area (Å²) in [5, 5.41) is 13.2. The molecule has 2 N–H and O–H groups in total. The highest BCUT2D eigenvalue weighted by Crippen LogP contribution is 2.15. The van der Waals surface area contributed by atoms with Gasteiger partial charge in [-0.05, 0) is 33.8 Å². The molecule has 1 aromatic rings.